The molecule has 0 unspecified atom stereocenters. The van der Waals surface area contributed by atoms with Gasteiger partial charge in [-0.15, -0.1) is 5.10 Å². The highest BCUT2D eigenvalue weighted by Gasteiger charge is 2.35. The molecular formula is C17H11N3O2. The molecule has 0 atom stereocenters. The van der Waals surface area contributed by atoms with Crippen LogP contribution in [0, 0.1) is 6.92 Å². The van der Waals surface area contributed by atoms with Crippen LogP contribution in [0.4, 0.5) is 0 Å². The van der Waals surface area contributed by atoms with Gasteiger partial charge in [0.25, 0.3) is 0 Å². The van der Waals surface area contributed by atoms with Gasteiger partial charge in [-0.2, -0.15) is 0 Å². The van der Waals surface area contributed by atoms with Gasteiger partial charge in [-0.1, -0.05) is 47.2 Å². The van der Waals surface area contributed by atoms with Gasteiger partial charge in [-0.25, -0.2) is 4.68 Å². The Balaban J connectivity index is 1.94. The highest BCUT2D eigenvalue weighted by Crippen LogP contribution is 2.27. The second-order valence-electron chi connectivity index (χ2n) is 5.24. The van der Waals surface area contributed by atoms with E-state index in [0.29, 0.717) is 16.8 Å². The lowest BCUT2D eigenvalue weighted by atomic mass is 9.90. The fourth-order valence-electron chi connectivity index (χ4n) is 2.64. The van der Waals surface area contributed by atoms with Crippen LogP contribution in [0.3, 0.4) is 0 Å². The van der Waals surface area contributed by atoms with E-state index in [1.807, 2.05) is 31.2 Å². The SMILES string of the molecule is Cc1ccc(-n2nnc3c2C(=O)c2ccccc2C3=O)cc1. The molecule has 0 saturated carbocycles. The number of ketones is 2. The molecule has 0 N–H and O–H groups in total. The number of fused-ring (bicyclic) bond motifs is 2. The molecular weight excluding hydrogens is 278 g/mol. The van der Waals surface area contributed by atoms with E-state index in [1.165, 1.54) is 4.68 Å². The van der Waals surface area contributed by atoms with Crippen molar-refractivity contribution in [2.24, 2.45) is 0 Å². The van der Waals surface area contributed by atoms with Crippen LogP contribution in [0.1, 0.15) is 37.7 Å². The summed E-state index contributed by atoms with van der Waals surface area (Å²) in [5.74, 6) is -0.487. The first kappa shape index (κ1) is 12.6. The zero-order valence-corrected chi connectivity index (χ0v) is 11.8. The number of aromatic nitrogens is 3. The summed E-state index contributed by atoms with van der Waals surface area (Å²) in [6.45, 7) is 1.98. The van der Waals surface area contributed by atoms with Gasteiger partial charge < -0.3 is 0 Å². The average molecular weight is 289 g/mol. The molecule has 0 radical (unpaired) electrons. The zero-order valence-electron chi connectivity index (χ0n) is 11.8. The van der Waals surface area contributed by atoms with Crippen LogP contribution in [-0.4, -0.2) is 26.6 Å². The van der Waals surface area contributed by atoms with Crippen molar-refractivity contribution in [2.45, 2.75) is 6.92 Å². The van der Waals surface area contributed by atoms with Crippen molar-refractivity contribution in [1.82, 2.24) is 15.0 Å². The third kappa shape index (κ3) is 1.65. The summed E-state index contributed by atoms with van der Waals surface area (Å²) in [5, 5.41) is 7.94. The Morgan fingerprint density at radius 1 is 0.864 bits per heavy atom. The first-order chi connectivity index (χ1) is 10.7. The highest BCUT2D eigenvalue weighted by molar-refractivity contribution is 6.27. The first-order valence-electron chi connectivity index (χ1n) is 6.88. The highest BCUT2D eigenvalue weighted by atomic mass is 16.1. The molecule has 5 nitrogen and oxygen atoms in total. The second kappa shape index (κ2) is 4.46. The summed E-state index contributed by atoms with van der Waals surface area (Å²) in [6.07, 6.45) is 0. The minimum Gasteiger partial charge on any atom is -0.287 e. The first-order valence-corrected chi connectivity index (χ1v) is 6.88. The Kier molecular flexibility index (Phi) is 2.56. The van der Waals surface area contributed by atoms with Crippen LogP contribution in [0.15, 0.2) is 48.5 Å². The van der Waals surface area contributed by atoms with Crippen molar-refractivity contribution in [3.05, 3.63) is 76.6 Å². The summed E-state index contributed by atoms with van der Waals surface area (Å²) in [4.78, 5) is 25.2. The minimum atomic E-state index is -0.261. The molecule has 0 saturated heterocycles. The number of carbonyl (C=O) groups is 2. The van der Waals surface area contributed by atoms with Crippen LogP contribution in [0.25, 0.3) is 5.69 Å². The number of carbonyl (C=O) groups excluding carboxylic acids is 2. The number of nitrogens with zero attached hydrogens (tertiary/aromatic N) is 3. The van der Waals surface area contributed by atoms with Crippen molar-refractivity contribution in [2.75, 3.05) is 0 Å². The molecule has 1 aromatic heterocycles. The van der Waals surface area contributed by atoms with E-state index in [9.17, 15) is 9.59 Å². The molecule has 5 heteroatoms. The van der Waals surface area contributed by atoms with Crippen LogP contribution >= 0.6 is 0 Å². The fourth-order valence-corrected chi connectivity index (χ4v) is 2.64. The maximum atomic E-state index is 12.7. The van der Waals surface area contributed by atoms with E-state index in [1.54, 1.807) is 24.3 Å². The predicted molar refractivity (Wildman–Crippen MR) is 79.4 cm³/mol. The van der Waals surface area contributed by atoms with Gasteiger partial charge in [0, 0.05) is 11.1 Å². The molecule has 2 aromatic carbocycles. The van der Waals surface area contributed by atoms with Crippen LogP contribution in [0.2, 0.25) is 0 Å². The molecule has 1 heterocycles. The van der Waals surface area contributed by atoms with Crippen molar-refractivity contribution < 1.29 is 9.59 Å². The molecule has 0 bridgehead atoms. The van der Waals surface area contributed by atoms with Crippen molar-refractivity contribution in [1.29, 1.82) is 0 Å². The van der Waals surface area contributed by atoms with Gasteiger partial charge in [0.15, 0.2) is 5.69 Å². The predicted octanol–water partition coefficient (Wildman–Crippen LogP) is 2.35. The van der Waals surface area contributed by atoms with Gasteiger partial charge in [0.05, 0.1) is 5.69 Å². The molecule has 106 valence electrons. The molecule has 1 aliphatic rings. The Hall–Kier alpha value is -3.08. The summed E-state index contributed by atoms with van der Waals surface area (Å²) >= 11 is 0. The van der Waals surface area contributed by atoms with E-state index in [4.69, 9.17) is 0 Å². The van der Waals surface area contributed by atoms with Gasteiger partial charge in [-0.05, 0) is 19.1 Å². The molecule has 22 heavy (non-hydrogen) atoms. The van der Waals surface area contributed by atoms with Gasteiger partial charge in [0.2, 0.25) is 11.6 Å². The normalized spacial score (nSPS) is 13.0. The van der Waals surface area contributed by atoms with Crippen molar-refractivity contribution in [3.8, 4) is 5.69 Å². The Labute approximate surface area is 126 Å². The molecule has 0 fully saturated rings. The van der Waals surface area contributed by atoms with Gasteiger partial charge in [0.1, 0.15) is 5.69 Å². The molecule has 4 rings (SSSR count). The lowest BCUT2D eigenvalue weighted by Gasteiger charge is -2.14. The number of hydrogen-bond acceptors (Lipinski definition) is 4. The smallest absolute Gasteiger partial charge is 0.216 e. The maximum Gasteiger partial charge on any atom is 0.216 e. The molecule has 1 aliphatic carbocycles. The van der Waals surface area contributed by atoms with E-state index in [-0.39, 0.29) is 23.0 Å². The molecule has 0 aliphatic heterocycles. The van der Waals surface area contributed by atoms with Gasteiger partial charge >= 0.3 is 0 Å². The third-order valence-electron chi connectivity index (χ3n) is 3.80. The topological polar surface area (TPSA) is 64.8 Å². The summed E-state index contributed by atoms with van der Waals surface area (Å²) < 4.78 is 1.44. The molecule has 0 amide bonds. The van der Waals surface area contributed by atoms with Crippen molar-refractivity contribution in [3.63, 3.8) is 0 Å². The van der Waals surface area contributed by atoms with Gasteiger partial charge in [-0.3, -0.25) is 9.59 Å². The summed E-state index contributed by atoms with van der Waals surface area (Å²) in [5.41, 5.74) is 2.94. The summed E-state index contributed by atoms with van der Waals surface area (Å²) in [7, 11) is 0. The quantitative estimate of drug-likeness (QED) is 0.539. The van der Waals surface area contributed by atoms with Crippen LogP contribution < -0.4 is 0 Å². The monoisotopic (exact) mass is 289 g/mol. The van der Waals surface area contributed by atoms with E-state index < -0.39 is 0 Å². The Morgan fingerprint density at radius 3 is 2.18 bits per heavy atom. The molecule has 0 spiro atoms. The lowest BCUT2D eigenvalue weighted by Crippen LogP contribution is -2.22. The standard InChI is InChI=1S/C17H11N3O2/c1-10-6-8-11(9-7-10)20-15-14(18-19-20)16(21)12-4-2-3-5-13(12)17(15)22/h2-9H,1H3. The minimum absolute atomic E-state index is 0.115. The number of rotatable bonds is 1. The summed E-state index contributed by atoms with van der Waals surface area (Å²) in [6, 6.07) is 14.3. The second-order valence-corrected chi connectivity index (χ2v) is 5.24. The van der Waals surface area contributed by atoms with Crippen molar-refractivity contribution >= 4 is 11.6 Å². The fraction of sp³-hybridized carbons (Fsp3) is 0.0588. The zero-order chi connectivity index (χ0) is 15.3. The van der Waals surface area contributed by atoms with E-state index in [0.717, 1.165) is 5.56 Å². The third-order valence-corrected chi connectivity index (χ3v) is 3.80. The van der Waals surface area contributed by atoms with Crippen LogP contribution in [-0.2, 0) is 0 Å². The molecule has 3 aromatic rings. The van der Waals surface area contributed by atoms with E-state index >= 15 is 0 Å². The Morgan fingerprint density at radius 2 is 1.50 bits per heavy atom. The largest absolute Gasteiger partial charge is 0.287 e. The number of aryl methyl sites for hydroxylation is 1. The van der Waals surface area contributed by atoms with E-state index in [2.05, 4.69) is 10.3 Å². The number of hydrogen-bond donors (Lipinski definition) is 0. The van der Waals surface area contributed by atoms with Crippen LogP contribution in [0.5, 0.6) is 0 Å². The Bertz CT molecular complexity index is 923. The average Bonchev–Trinajstić information content (AvgIpc) is 2.99. The maximum absolute atomic E-state index is 12.7. The number of benzene rings is 2. The lowest BCUT2D eigenvalue weighted by molar-refractivity contribution is 0.0972.